The first kappa shape index (κ1) is 70.0. The van der Waals surface area contributed by atoms with E-state index < -0.39 is 0 Å². The van der Waals surface area contributed by atoms with Crippen LogP contribution >= 0.6 is 11.3 Å². The van der Waals surface area contributed by atoms with Crippen molar-refractivity contribution >= 4 is 55.1 Å². The lowest BCUT2D eigenvalue weighted by molar-refractivity contribution is -0.121. The molecule has 3 aromatic heterocycles. The standard InChI is InChI=1S/C14H19NO.C12H13N.C11H12N2.C10H12N2.C10H11NS.2C10H14.CH4/c1-9(2)10-6-7-12-11(8-10)14(3,4)13(16)15(12)5;1-9(2)10-5-6-12-11(8-10)4-3-7-13-12;1-8(2)9-3-4-10-11(7-9)13-6-5-12-10;2*1-7(2)8-3-4-9-10(5-8)12-6-11-9;2*1-8(2)10-6-4-9(3)5-7-10;/h6-9H,1-5H3;3-9H,1-2H3;3-8H,1-2H3;3-5,7H,6H2,1-2H3;3-7H,1-2H3;2*4-8H,1-3H3;1H4. The molecule has 87 heavy (non-hydrogen) atoms. The molecular weight excluding hydrogens is 1080 g/mol. The zero-order chi connectivity index (χ0) is 62.8. The van der Waals surface area contributed by atoms with Crippen molar-refractivity contribution < 1.29 is 4.79 Å². The number of thiazole rings is 1. The molecule has 8 nitrogen and oxygen atoms in total. The van der Waals surface area contributed by atoms with Crippen molar-refractivity contribution in [2.45, 2.75) is 179 Å². The van der Waals surface area contributed by atoms with Crippen LogP contribution in [0.25, 0.3) is 32.2 Å². The van der Waals surface area contributed by atoms with Gasteiger partial charge in [-0.2, -0.15) is 0 Å². The summed E-state index contributed by atoms with van der Waals surface area (Å²) in [5.41, 5.74) is 20.1. The Balaban J connectivity index is 0.000000186. The highest BCUT2D eigenvalue weighted by atomic mass is 32.1. The van der Waals surface area contributed by atoms with Gasteiger partial charge in [0.1, 0.15) is 6.67 Å². The number of nitrogens with zero attached hydrogens (tertiary/aromatic N) is 7. The fourth-order valence-corrected chi connectivity index (χ4v) is 10.3. The lowest BCUT2D eigenvalue weighted by Gasteiger charge is -2.17. The highest BCUT2D eigenvalue weighted by Gasteiger charge is 2.42. The molecule has 0 radical (unpaired) electrons. The lowest BCUT2D eigenvalue weighted by Crippen LogP contribution is -2.33. The van der Waals surface area contributed by atoms with E-state index in [-0.39, 0.29) is 18.7 Å². The zero-order valence-electron chi connectivity index (χ0n) is 54.9. The summed E-state index contributed by atoms with van der Waals surface area (Å²) in [6.07, 6.45) is 5.28. The fraction of sp³-hybridized carbons (Fsp3) is 0.372. The van der Waals surface area contributed by atoms with Gasteiger partial charge in [0.15, 0.2) is 0 Å². The largest absolute Gasteiger partial charge is 0.314 e. The van der Waals surface area contributed by atoms with Gasteiger partial charge in [0.2, 0.25) is 5.91 Å². The van der Waals surface area contributed by atoms with E-state index in [2.05, 4.69) is 280 Å². The number of aromatic nitrogens is 4. The molecule has 7 aromatic carbocycles. The summed E-state index contributed by atoms with van der Waals surface area (Å²) in [6, 6.07) is 53.4. The number of hydrogen-bond donors (Lipinski definition) is 0. The second kappa shape index (κ2) is 32.8. The Hall–Kier alpha value is -7.75. The maximum atomic E-state index is 12.1. The first-order valence-corrected chi connectivity index (χ1v) is 31.7. The van der Waals surface area contributed by atoms with Gasteiger partial charge in [-0.05, 0) is 174 Å². The molecule has 0 saturated carbocycles. The number of hydrogen-bond acceptors (Lipinski definition) is 8. The first-order chi connectivity index (χ1) is 40.8. The third-order valence-electron chi connectivity index (χ3n) is 15.7. The van der Waals surface area contributed by atoms with Crippen LogP contribution in [0.4, 0.5) is 5.69 Å². The van der Waals surface area contributed by atoms with Gasteiger partial charge in [-0.3, -0.25) is 29.7 Å². The van der Waals surface area contributed by atoms with E-state index in [0.717, 1.165) is 44.0 Å². The van der Waals surface area contributed by atoms with Gasteiger partial charge in [-0.1, -0.05) is 206 Å². The zero-order valence-corrected chi connectivity index (χ0v) is 55.8. The number of carbonyl (C=O) groups excluding carboxylic acids is 1. The van der Waals surface area contributed by atoms with Crippen molar-refractivity contribution in [1.82, 2.24) is 19.9 Å². The molecule has 458 valence electrons. The van der Waals surface area contributed by atoms with Crippen LogP contribution in [0.2, 0.25) is 0 Å². The molecule has 0 unspecified atom stereocenters. The molecule has 10 aromatic rings. The number of amides is 1. The van der Waals surface area contributed by atoms with Gasteiger partial charge in [0.05, 0.1) is 48.4 Å². The van der Waals surface area contributed by atoms with Crippen LogP contribution in [0.15, 0.2) is 186 Å². The quantitative estimate of drug-likeness (QED) is 0.158. The third kappa shape index (κ3) is 19.9. The number of rotatable bonds is 7. The Labute approximate surface area is 526 Å². The fourth-order valence-electron chi connectivity index (χ4n) is 9.62. The Morgan fingerprint density at radius 3 is 1.40 bits per heavy atom. The van der Waals surface area contributed by atoms with Crippen LogP contribution < -0.4 is 15.6 Å². The molecule has 0 bridgehead atoms. The number of anilines is 1. The average Bonchev–Trinajstić information content (AvgIpc) is 1.80. The molecule has 2 aliphatic rings. The topological polar surface area (TPSA) is 96.6 Å². The molecule has 0 spiro atoms. The molecule has 0 atom stereocenters. The third-order valence-corrected chi connectivity index (χ3v) is 16.5. The van der Waals surface area contributed by atoms with Crippen molar-refractivity contribution in [3.8, 4) is 0 Å². The molecule has 1 amide bonds. The Bertz CT molecular complexity index is 3760. The lowest BCUT2D eigenvalue weighted by atomic mass is 9.84. The summed E-state index contributed by atoms with van der Waals surface area (Å²) in [5.74, 6) is 4.31. The average molecular weight is 1180 g/mol. The predicted molar refractivity (Wildman–Crippen MR) is 375 cm³/mol. The summed E-state index contributed by atoms with van der Waals surface area (Å²) in [7, 11) is 1.85. The van der Waals surface area contributed by atoms with Crippen molar-refractivity contribution in [1.29, 1.82) is 0 Å². The van der Waals surface area contributed by atoms with Crippen molar-refractivity contribution in [3.63, 3.8) is 0 Å². The van der Waals surface area contributed by atoms with E-state index in [4.69, 9.17) is 0 Å². The van der Waals surface area contributed by atoms with Crippen LogP contribution in [0.1, 0.15) is 215 Å². The van der Waals surface area contributed by atoms with E-state index in [1.165, 1.54) is 60.2 Å². The number of benzene rings is 7. The molecule has 0 fully saturated rings. The molecule has 12 rings (SSSR count). The van der Waals surface area contributed by atoms with E-state index >= 15 is 0 Å². The Morgan fingerprint density at radius 1 is 0.425 bits per heavy atom. The van der Waals surface area contributed by atoms with Crippen LogP contribution in [0.3, 0.4) is 0 Å². The summed E-state index contributed by atoms with van der Waals surface area (Å²) in [5, 5.41) is 3.33. The highest BCUT2D eigenvalue weighted by molar-refractivity contribution is 7.16. The van der Waals surface area contributed by atoms with Crippen LogP contribution in [-0.4, -0.2) is 39.6 Å². The molecule has 9 heteroatoms. The van der Waals surface area contributed by atoms with E-state index in [0.29, 0.717) is 48.1 Å². The molecule has 0 aliphatic carbocycles. The van der Waals surface area contributed by atoms with Gasteiger partial charge in [0.25, 0.3) is 0 Å². The summed E-state index contributed by atoms with van der Waals surface area (Å²) in [6.45, 7) is 39.6. The van der Waals surface area contributed by atoms with Gasteiger partial charge in [0, 0.05) is 36.7 Å². The number of carbonyl (C=O) groups is 1. The molecule has 2 aliphatic heterocycles. The first-order valence-electron chi connectivity index (χ1n) is 30.8. The van der Waals surface area contributed by atoms with Crippen LogP contribution in [-0.2, 0) is 10.2 Å². The number of aryl methyl sites for hydroxylation is 2. The Kier molecular flexibility index (Phi) is 26.4. The van der Waals surface area contributed by atoms with Gasteiger partial charge >= 0.3 is 0 Å². The van der Waals surface area contributed by atoms with Crippen molar-refractivity contribution in [3.05, 3.63) is 242 Å². The van der Waals surface area contributed by atoms with Gasteiger partial charge < -0.3 is 4.90 Å². The van der Waals surface area contributed by atoms with Crippen LogP contribution in [0.5, 0.6) is 0 Å². The smallest absolute Gasteiger partial charge is 0.236 e. The molecule has 0 N–H and O–H groups in total. The SMILES string of the molecule is C.CC(C)c1ccc2c(c1)=NCN=2.CC(C)c1ccc2c(c1)C(C)(C)C(=O)N2C.CC(C)c1ccc2ncccc2c1.CC(C)c1ccc2nccnc2c1.CC(C)c1ccc2ncsc2c1.Cc1ccc(C(C)C)cc1.Cc1ccc(C(C)C)cc1. The maximum Gasteiger partial charge on any atom is 0.236 e. The minimum absolute atomic E-state index is 0. The normalized spacial score (nSPS) is 12.5. The second-order valence-corrected chi connectivity index (χ2v) is 26.1. The number of fused-ring (bicyclic) bond motifs is 5. The minimum atomic E-state index is -0.380. The summed E-state index contributed by atoms with van der Waals surface area (Å²) < 4.78 is 1.29. The van der Waals surface area contributed by atoms with E-state index in [9.17, 15) is 4.79 Å². The monoisotopic (exact) mass is 1180 g/mol. The van der Waals surface area contributed by atoms with Crippen molar-refractivity contribution in [2.75, 3.05) is 18.6 Å². The Morgan fingerprint density at radius 2 is 0.851 bits per heavy atom. The molecule has 0 saturated heterocycles. The maximum absolute atomic E-state index is 12.1. The number of pyridine rings is 1. The van der Waals surface area contributed by atoms with E-state index in [1.54, 1.807) is 28.6 Å². The number of likely N-dealkylation sites (N-methyl/N-ethyl adjacent to an activating group) is 1. The molecular formula is C78H99N7OS. The van der Waals surface area contributed by atoms with E-state index in [1.807, 2.05) is 44.7 Å². The summed E-state index contributed by atoms with van der Waals surface area (Å²) in [4.78, 5) is 39.4. The second-order valence-electron chi connectivity index (χ2n) is 25.2. The van der Waals surface area contributed by atoms with Gasteiger partial charge in [-0.25, -0.2) is 4.98 Å². The minimum Gasteiger partial charge on any atom is -0.314 e. The van der Waals surface area contributed by atoms with Crippen molar-refractivity contribution in [2.24, 2.45) is 9.98 Å². The predicted octanol–water partition coefficient (Wildman–Crippen LogP) is 20.5. The van der Waals surface area contributed by atoms with Crippen LogP contribution in [0, 0.1) is 13.8 Å². The highest BCUT2D eigenvalue weighted by Crippen LogP contribution is 2.42. The summed E-state index contributed by atoms with van der Waals surface area (Å²) >= 11 is 1.71. The molecule has 5 heterocycles. The van der Waals surface area contributed by atoms with Gasteiger partial charge in [-0.15, -0.1) is 11.3 Å².